The Labute approximate surface area is 120 Å². The minimum absolute atomic E-state index is 0.143. The van der Waals surface area contributed by atoms with Crippen molar-refractivity contribution >= 4 is 17.0 Å². The average Bonchev–Trinajstić information content (AvgIpc) is 2.77. The van der Waals surface area contributed by atoms with Crippen LogP contribution >= 0.6 is 0 Å². The van der Waals surface area contributed by atoms with Crippen LogP contribution in [-0.2, 0) is 4.79 Å². The minimum Gasteiger partial charge on any atom is -0.426 e. The van der Waals surface area contributed by atoms with E-state index in [1.54, 1.807) is 18.2 Å². The average molecular weight is 294 g/mol. The molecular weight excluding hydrogens is 278 g/mol. The molecule has 0 spiro atoms. The van der Waals surface area contributed by atoms with E-state index >= 15 is 0 Å². The molecule has 1 heterocycles. The molecule has 1 aromatic heterocycles. The third-order valence-corrected chi connectivity index (χ3v) is 3.76. The number of hydrogen-bond donors (Lipinski definition) is 1. The van der Waals surface area contributed by atoms with Crippen LogP contribution < -0.4 is 4.74 Å². The van der Waals surface area contributed by atoms with Gasteiger partial charge in [0.05, 0.1) is 17.0 Å². The SMILES string of the molecule is Cc1nc2ccc(OC(=O)C3CCCC(F)(F)C3)cc2[nH]1. The number of hydrogen-bond acceptors (Lipinski definition) is 3. The Morgan fingerprint density at radius 1 is 1.48 bits per heavy atom. The molecule has 0 aliphatic heterocycles. The predicted octanol–water partition coefficient (Wildman–Crippen LogP) is 3.60. The van der Waals surface area contributed by atoms with Gasteiger partial charge >= 0.3 is 5.97 Å². The van der Waals surface area contributed by atoms with Crippen LogP contribution in [0, 0.1) is 12.8 Å². The summed E-state index contributed by atoms with van der Waals surface area (Å²) in [4.78, 5) is 19.3. The number of nitrogens with one attached hydrogen (secondary N) is 1. The zero-order valence-corrected chi connectivity index (χ0v) is 11.7. The zero-order valence-electron chi connectivity index (χ0n) is 11.7. The van der Waals surface area contributed by atoms with Gasteiger partial charge in [-0.1, -0.05) is 0 Å². The molecule has 1 saturated carbocycles. The van der Waals surface area contributed by atoms with Crippen LogP contribution in [-0.4, -0.2) is 21.9 Å². The van der Waals surface area contributed by atoms with Crippen LogP contribution in [0.2, 0.25) is 0 Å². The molecule has 112 valence electrons. The van der Waals surface area contributed by atoms with Crippen LogP contribution in [0.5, 0.6) is 5.75 Å². The maximum absolute atomic E-state index is 13.3. The predicted molar refractivity (Wildman–Crippen MR) is 73.4 cm³/mol. The highest BCUT2D eigenvalue weighted by atomic mass is 19.3. The van der Waals surface area contributed by atoms with E-state index in [1.807, 2.05) is 6.92 Å². The summed E-state index contributed by atoms with van der Waals surface area (Å²) in [6, 6.07) is 5.02. The molecule has 4 nitrogen and oxygen atoms in total. The van der Waals surface area contributed by atoms with E-state index in [0.29, 0.717) is 18.6 Å². The lowest BCUT2D eigenvalue weighted by atomic mass is 9.86. The number of imidazole rings is 1. The Morgan fingerprint density at radius 2 is 2.29 bits per heavy atom. The molecule has 6 heteroatoms. The van der Waals surface area contributed by atoms with Crippen LogP contribution in [0.15, 0.2) is 18.2 Å². The number of alkyl halides is 2. The van der Waals surface area contributed by atoms with E-state index in [4.69, 9.17) is 4.74 Å². The Morgan fingerprint density at radius 3 is 3.05 bits per heavy atom. The molecule has 0 radical (unpaired) electrons. The fourth-order valence-electron chi connectivity index (χ4n) is 2.75. The Hall–Kier alpha value is -1.98. The van der Waals surface area contributed by atoms with Gasteiger partial charge in [-0.3, -0.25) is 4.79 Å². The first-order valence-electron chi connectivity index (χ1n) is 6.99. The van der Waals surface area contributed by atoms with Gasteiger partial charge in [-0.05, 0) is 31.9 Å². The van der Waals surface area contributed by atoms with Crippen molar-refractivity contribution in [1.29, 1.82) is 0 Å². The molecule has 21 heavy (non-hydrogen) atoms. The summed E-state index contributed by atoms with van der Waals surface area (Å²) in [5.41, 5.74) is 1.53. The molecule has 0 saturated heterocycles. The second kappa shape index (κ2) is 5.09. The fourth-order valence-corrected chi connectivity index (χ4v) is 2.75. The van der Waals surface area contributed by atoms with Gasteiger partial charge in [0.1, 0.15) is 11.6 Å². The molecule has 1 atom stereocenters. The lowest BCUT2D eigenvalue weighted by molar-refractivity contribution is -0.146. The number of carbonyl (C=O) groups is 1. The molecule has 2 aromatic rings. The molecule has 3 rings (SSSR count). The molecule has 0 amide bonds. The molecule has 1 aliphatic carbocycles. The first-order chi connectivity index (χ1) is 9.93. The summed E-state index contributed by atoms with van der Waals surface area (Å²) in [7, 11) is 0. The topological polar surface area (TPSA) is 55.0 Å². The summed E-state index contributed by atoms with van der Waals surface area (Å²) < 4.78 is 31.9. The number of nitrogens with zero attached hydrogens (tertiary/aromatic N) is 1. The maximum Gasteiger partial charge on any atom is 0.314 e. The number of halogens is 2. The normalized spacial score (nSPS) is 21.4. The van der Waals surface area contributed by atoms with Crippen LogP contribution in [0.3, 0.4) is 0 Å². The second-order valence-corrected chi connectivity index (χ2v) is 5.57. The minimum atomic E-state index is -2.76. The number of rotatable bonds is 2. The number of H-pyrrole nitrogens is 1. The highest BCUT2D eigenvalue weighted by Gasteiger charge is 2.40. The maximum atomic E-state index is 13.3. The first-order valence-corrected chi connectivity index (χ1v) is 6.99. The smallest absolute Gasteiger partial charge is 0.314 e. The molecule has 1 aromatic carbocycles. The Balaban J connectivity index is 1.73. The summed E-state index contributed by atoms with van der Waals surface area (Å²) >= 11 is 0. The van der Waals surface area contributed by atoms with Gasteiger partial charge in [0.25, 0.3) is 0 Å². The van der Waals surface area contributed by atoms with Crippen molar-refractivity contribution < 1.29 is 18.3 Å². The molecule has 1 aliphatic rings. The highest BCUT2D eigenvalue weighted by molar-refractivity contribution is 5.80. The Kier molecular flexibility index (Phi) is 3.39. The lowest BCUT2D eigenvalue weighted by Gasteiger charge is -2.27. The second-order valence-electron chi connectivity index (χ2n) is 5.57. The standard InChI is InChI=1S/C15H16F2N2O2/c1-9-18-12-5-4-11(7-13(12)19-9)21-14(20)10-3-2-6-15(16,17)8-10/h4-5,7,10H,2-3,6,8H2,1H3,(H,18,19). The van der Waals surface area contributed by atoms with Crippen molar-refractivity contribution in [3.05, 3.63) is 24.0 Å². The van der Waals surface area contributed by atoms with Gasteiger partial charge in [-0.15, -0.1) is 0 Å². The van der Waals surface area contributed by atoms with Gasteiger partial charge in [-0.25, -0.2) is 13.8 Å². The molecule has 1 unspecified atom stereocenters. The number of ether oxygens (including phenoxy) is 1. The number of fused-ring (bicyclic) bond motifs is 1. The number of carbonyl (C=O) groups excluding carboxylic acids is 1. The van der Waals surface area contributed by atoms with Crippen molar-refractivity contribution in [3.63, 3.8) is 0 Å². The summed E-state index contributed by atoms with van der Waals surface area (Å²) in [5.74, 6) is -2.95. The van der Waals surface area contributed by atoms with Gasteiger partial charge < -0.3 is 9.72 Å². The number of aromatic nitrogens is 2. The van der Waals surface area contributed by atoms with Crippen LogP contribution in [0.1, 0.15) is 31.5 Å². The highest BCUT2D eigenvalue weighted by Crippen LogP contribution is 2.37. The van der Waals surface area contributed by atoms with E-state index in [9.17, 15) is 13.6 Å². The van der Waals surface area contributed by atoms with Crippen molar-refractivity contribution in [2.75, 3.05) is 0 Å². The molecular formula is C15H16F2N2O2. The Bertz CT molecular complexity index is 681. The van der Waals surface area contributed by atoms with E-state index in [1.165, 1.54) is 0 Å². The van der Waals surface area contributed by atoms with E-state index < -0.39 is 24.2 Å². The fraction of sp³-hybridized carbons (Fsp3) is 0.467. The van der Waals surface area contributed by atoms with Crippen molar-refractivity contribution in [1.82, 2.24) is 9.97 Å². The number of aryl methyl sites for hydroxylation is 1. The van der Waals surface area contributed by atoms with E-state index in [2.05, 4.69) is 9.97 Å². The molecule has 0 bridgehead atoms. The number of benzene rings is 1. The third-order valence-electron chi connectivity index (χ3n) is 3.76. The first kappa shape index (κ1) is 14.0. The summed E-state index contributed by atoms with van der Waals surface area (Å²) in [6.07, 6.45) is 0.249. The van der Waals surface area contributed by atoms with Gasteiger partial charge in [0.15, 0.2) is 0 Å². The third kappa shape index (κ3) is 3.04. The number of esters is 1. The van der Waals surface area contributed by atoms with Gasteiger partial charge in [0, 0.05) is 18.9 Å². The molecule has 1 fully saturated rings. The largest absolute Gasteiger partial charge is 0.426 e. The summed E-state index contributed by atoms with van der Waals surface area (Å²) in [5, 5.41) is 0. The van der Waals surface area contributed by atoms with Crippen molar-refractivity contribution in [2.45, 2.75) is 38.5 Å². The van der Waals surface area contributed by atoms with Gasteiger partial charge in [0.2, 0.25) is 5.92 Å². The van der Waals surface area contributed by atoms with E-state index in [0.717, 1.165) is 16.9 Å². The van der Waals surface area contributed by atoms with Gasteiger partial charge in [-0.2, -0.15) is 0 Å². The number of aromatic amines is 1. The lowest BCUT2D eigenvalue weighted by Crippen LogP contribution is -2.32. The quantitative estimate of drug-likeness (QED) is 0.680. The van der Waals surface area contributed by atoms with Crippen molar-refractivity contribution in [3.8, 4) is 5.75 Å². The summed E-state index contributed by atoms with van der Waals surface area (Å²) in [6.45, 7) is 1.83. The van der Waals surface area contributed by atoms with Crippen LogP contribution in [0.4, 0.5) is 8.78 Å². The van der Waals surface area contributed by atoms with Crippen molar-refractivity contribution in [2.24, 2.45) is 5.92 Å². The van der Waals surface area contributed by atoms with E-state index in [-0.39, 0.29) is 6.42 Å². The molecule has 1 N–H and O–H groups in total. The monoisotopic (exact) mass is 294 g/mol. The zero-order chi connectivity index (χ0) is 15.0. The van der Waals surface area contributed by atoms with Crippen LogP contribution in [0.25, 0.3) is 11.0 Å².